The maximum absolute atomic E-state index is 13.0. The molecular weight excluding hydrogens is 422 g/mol. The van der Waals surface area contributed by atoms with Crippen molar-refractivity contribution in [3.63, 3.8) is 0 Å². The SMILES string of the molecule is CC(C)OCC(O)CN(Cc1nc2scc(-c3ccccc3)c2c(=O)[nH]1)C1CCCCC1. The van der Waals surface area contributed by atoms with Crippen molar-refractivity contribution >= 4 is 21.6 Å². The molecule has 0 aliphatic heterocycles. The molecule has 7 heteroatoms. The molecule has 6 nitrogen and oxygen atoms in total. The first kappa shape index (κ1) is 23.1. The van der Waals surface area contributed by atoms with Crippen LogP contribution >= 0.6 is 11.3 Å². The molecule has 2 aromatic heterocycles. The summed E-state index contributed by atoms with van der Waals surface area (Å²) in [5.41, 5.74) is 1.85. The highest BCUT2D eigenvalue weighted by Gasteiger charge is 2.25. The molecular formula is C25H33N3O3S. The predicted molar refractivity (Wildman–Crippen MR) is 130 cm³/mol. The number of ether oxygens (including phenoxy) is 1. The fraction of sp³-hybridized carbons (Fsp3) is 0.520. The van der Waals surface area contributed by atoms with Crippen molar-refractivity contribution in [2.45, 2.75) is 70.7 Å². The Morgan fingerprint density at radius 3 is 2.69 bits per heavy atom. The first-order valence-electron chi connectivity index (χ1n) is 11.6. The van der Waals surface area contributed by atoms with Gasteiger partial charge in [-0.15, -0.1) is 11.3 Å². The van der Waals surface area contributed by atoms with Crippen LogP contribution in [0.1, 0.15) is 51.8 Å². The molecule has 0 amide bonds. The van der Waals surface area contributed by atoms with Gasteiger partial charge in [-0.1, -0.05) is 49.6 Å². The molecule has 0 radical (unpaired) electrons. The summed E-state index contributed by atoms with van der Waals surface area (Å²) in [6, 6.07) is 10.3. The summed E-state index contributed by atoms with van der Waals surface area (Å²) in [7, 11) is 0. The molecule has 1 aliphatic rings. The van der Waals surface area contributed by atoms with E-state index in [2.05, 4.69) is 9.88 Å². The van der Waals surface area contributed by atoms with Crippen LogP contribution in [0.2, 0.25) is 0 Å². The largest absolute Gasteiger partial charge is 0.389 e. The number of aromatic amines is 1. The number of aliphatic hydroxyl groups excluding tert-OH is 1. The van der Waals surface area contributed by atoms with Crippen LogP contribution < -0.4 is 5.56 Å². The number of hydrogen-bond acceptors (Lipinski definition) is 6. The lowest BCUT2D eigenvalue weighted by Crippen LogP contribution is -2.43. The highest BCUT2D eigenvalue weighted by atomic mass is 32.1. The number of nitrogens with one attached hydrogen (secondary N) is 1. The zero-order valence-corrected chi connectivity index (χ0v) is 19.7. The fourth-order valence-corrected chi connectivity index (χ4v) is 5.47. The Bertz CT molecular complexity index is 1060. The maximum atomic E-state index is 13.0. The number of fused-ring (bicyclic) bond motifs is 1. The first-order chi connectivity index (χ1) is 15.5. The summed E-state index contributed by atoms with van der Waals surface area (Å²) in [5, 5.41) is 13.2. The van der Waals surface area contributed by atoms with Gasteiger partial charge in [0.15, 0.2) is 0 Å². The van der Waals surface area contributed by atoms with E-state index in [1.807, 2.05) is 49.6 Å². The third-order valence-electron chi connectivity index (χ3n) is 6.09. The molecule has 32 heavy (non-hydrogen) atoms. The van der Waals surface area contributed by atoms with Crippen LogP contribution in [0, 0.1) is 0 Å². The Hall–Kier alpha value is -2.06. The van der Waals surface area contributed by atoms with Gasteiger partial charge in [0, 0.05) is 23.5 Å². The van der Waals surface area contributed by atoms with Gasteiger partial charge >= 0.3 is 0 Å². The average Bonchev–Trinajstić information content (AvgIpc) is 3.23. The summed E-state index contributed by atoms with van der Waals surface area (Å²) < 4.78 is 5.62. The zero-order valence-electron chi connectivity index (χ0n) is 18.9. The Morgan fingerprint density at radius 2 is 1.97 bits per heavy atom. The standard InChI is InChI=1S/C25H33N3O3S/c1-17(2)31-15-20(29)13-28(19-11-7-4-8-12-19)14-22-26-24(30)23-21(16-32-25(23)27-22)18-9-5-3-6-10-18/h3,5-6,9-10,16-17,19-20,29H,4,7-8,11-15H2,1-2H3,(H,26,27,30). The van der Waals surface area contributed by atoms with E-state index in [0.29, 0.717) is 36.9 Å². The Labute approximate surface area is 193 Å². The van der Waals surface area contributed by atoms with Crippen molar-refractivity contribution in [3.8, 4) is 11.1 Å². The van der Waals surface area contributed by atoms with E-state index in [1.54, 1.807) is 0 Å². The average molecular weight is 456 g/mol. The van der Waals surface area contributed by atoms with Gasteiger partial charge in [0.25, 0.3) is 5.56 Å². The molecule has 1 aromatic carbocycles. The van der Waals surface area contributed by atoms with Crippen LogP contribution in [0.3, 0.4) is 0 Å². The predicted octanol–water partition coefficient (Wildman–Crippen LogP) is 4.57. The molecule has 0 bridgehead atoms. The van der Waals surface area contributed by atoms with Gasteiger partial charge in [-0.3, -0.25) is 9.69 Å². The summed E-state index contributed by atoms with van der Waals surface area (Å²) in [6.07, 6.45) is 5.42. The number of aliphatic hydroxyl groups is 1. The minimum absolute atomic E-state index is 0.0887. The number of nitrogens with zero attached hydrogens (tertiary/aromatic N) is 2. The molecule has 2 N–H and O–H groups in total. The van der Waals surface area contributed by atoms with Gasteiger partial charge in [-0.2, -0.15) is 0 Å². The van der Waals surface area contributed by atoms with E-state index >= 15 is 0 Å². The van der Waals surface area contributed by atoms with Crippen LogP contribution in [0.25, 0.3) is 21.3 Å². The quantitative estimate of drug-likeness (QED) is 0.494. The van der Waals surface area contributed by atoms with Gasteiger partial charge < -0.3 is 14.8 Å². The van der Waals surface area contributed by atoms with Gasteiger partial charge in [0.1, 0.15) is 10.7 Å². The summed E-state index contributed by atoms with van der Waals surface area (Å²) in [4.78, 5) is 23.9. The summed E-state index contributed by atoms with van der Waals surface area (Å²) >= 11 is 1.51. The molecule has 1 fully saturated rings. The molecule has 0 saturated heterocycles. The number of benzene rings is 1. The minimum atomic E-state index is -0.568. The van der Waals surface area contributed by atoms with Crippen molar-refractivity contribution in [2.75, 3.05) is 13.2 Å². The maximum Gasteiger partial charge on any atom is 0.260 e. The number of rotatable bonds is 9. The van der Waals surface area contributed by atoms with Crippen molar-refractivity contribution < 1.29 is 9.84 Å². The normalized spacial score (nSPS) is 16.3. The smallest absolute Gasteiger partial charge is 0.260 e. The van der Waals surface area contributed by atoms with E-state index in [9.17, 15) is 9.90 Å². The second-order valence-corrected chi connectivity index (χ2v) is 9.82. The van der Waals surface area contributed by atoms with Crippen LogP contribution in [-0.4, -0.2) is 51.4 Å². The lowest BCUT2D eigenvalue weighted by Gasteiger charge is -2.35. The van der Waals surface area contributed by atoms with Crippen molar-refractivity contribution in [3.05, 3.63) is 51.9 Å². The van der Waals surface area contributed by atoms with Gasteiger partial charge in [-0.25, -0.2) is 4.98 Å². The van der Waals surface area contributed by atoms with Crippen molar-refractivity contribution in [2.24, 2.45) is 0 Å². The van der Waals surface area contributed by atoms with Gasteiger partial charge in [-0.05, 0) is 32.3 Å². The minimum Gasteiger partial charge on any atom is -0.389 e. The molecule has 3 aromatic rings. The number of hydrogen-bond donors (Lipinski definition) is 2. The van der Waals surface area contributed by atoms with Crippen molar-refractivity contribution in [1.82, 2.24) is 14.9 Å². The molecule has 1 unspecified atom stereocenters. The highest BCUT2D eigenvalue weighted by Crippen LogP contribution is 2.31. The molecule has 1 atom stereocenters. The van der Waals surface area contributed by atoms with E-state index < -0.39 is 6.10 Å². The van der Waals surface area contributed by atoms with E-state index in [0.717, 1.165) is 28.8 Å². The lowest BCUT2D eigenvalue weighted by molar-refractivity contribution is -0.0189. The highest BCUT2D eigenvalue weighted by molar-refractivity contribution is 7.17. The molecule has 1 aliphatic carbocycles. The van der Waals surface area contributed by atoms with E-state index in [4.69, 9.17) is 9.72 Å². The molecule has 1 saturated carbocycles. The Kier molecular flexibility index (Phi) is 7.73. The van der Waals surface area contributed by atoms with Crippen LogP contribution in [0.4, 0.5) is 0 Å². The molecule has 0 spiro atoms. The van der Waals surface area contributed by atoms with Crippen LogP contribution in [0.15, 0.2) is 40.5 Å². The number of H-pyrrole nitrogens is 1. The first-order valence-corrected chi connectivity index (χ1v) is 12.5. The van der Waals surface area contributed by atoms with E-state index in [-0.39, 0.29) is 11.7 Å². The zero-order chi connectivity index (χ0) is 22.5. The number of thiophene rings is 1. The van der Waals surface area contributed by atoms with Crippen LogP contribution in [0.5, 0.6) is 0 Å². The monoisotopic (exact) mass is 455 g/mol. The summed E-state index contributed by atoms with van der Waals surface area (Å²) in [6.45, 7) is 5.29. The Balaban J connectivity index is 1.57. The Morgan fingerprint density at radius 1 is 1.22 bits per heavy atom. The fourth-order valence-electron chi connectivity index (χ4n) is 4.51. The van der Waals surface area contributed by atoms with Gasteiger partial charge in [0.05, 0.1) is 30.7 Å². The molecule has 4 rings (SSSR count). The topological polar surface area (TPSA) is 78.5 Å². The number of aromatic nitrogens is 2. The van der Waals surface area contributed by atoms with E-state index in [1.165, 1.54) is 30.6 Å². The summed E-state index contributed by atoms with van der Waals surface area (Å²) in [5.74, 6) is 0.659. The third kappa shape index (κ3) is 5.64. The second kappa shape index (κ2) is 10.7. The van der Waals surface area contributed by atoms with Crippen molar-refractivity contribution in [1.29, 1.82) is 0 Å². The lowest BCUT2D eigenvalue weighted by atomic mass is 9.94. The molecule has 2 heterocycles. The van der Waals surface area contributed by atoms with Gasteiger partial charge in [0.2, 0.25) is 0 Å². The molecule has 172 valence electrons. The third-order valence-corrected chi connectivity index (χ3v) is 6.96. The van der Waals surface area contributed by atoms with Crippen LogP contribution in [-0.2, 0) is 11.3 Å². The second-order valence-electron chi connectivity index (χ2n) is 8.97.